The first-order valence-corrected chi connectivity index (χ1v) is 11.5. The second-order valence-electron chi connectivity index (χ2n) is 7.24. The summed E-state index contributed by atoms with van der Waals surface area (Å²) in [5.41, 5.74) is 1.57. The van der Waals surface area contributed by atoms with E-state index in [2.05, 4.69) is 0 Å². The summed E-state index contributed by atoms with van der Waals surface area (Å²) in [7, 11) is 0. The molecule has 4 rings (SSSR count). The van der Waals surface area contributed by atoms with E-state index in [0.717, 1.165) is 22.2 Å². The molecular formula is C24H16Cl2N2O5S. The maximum atomic E-state index is 12.9. The minimum absolute atomic E-state index is 0.157. The van der Waals surface area contributed by atoms with E-state index >= 15 is 0 Å². The molecule has 34 heavy (non-hydrogen) atoms. The zero-order chi connectivity index (χ0) is 24.2. The van der Waals surface area contributed by atoms with Crippen molar-refractivity contribution in [3.8, 4) is 5.75 Å². The van der Waals surface area contributed by atoms with Crippen LogP contribution in [0.1, 0.15) is 16.7 Å². The number of amides is 2. The maximum absolute atomic E-state index is 12.9. The molecule has 3 aromatic carbocycles. The number of hydrogen-bond acceptors (Lipinski definition) is 6. The standard InChI is InChI=1S/C24H16Cl2N2O5S/c25-18-10-16(11-19(26)22(18)33-14-15-6-2-1-3-7-15)12-21-23(29)27(24(30)34-21)13-17-8-4-5-9-20(17)28(31)32/h1-12H,13-14H2/b21-12-. The Balaban J connectivity index is 1.52. The number of carbonyl (C=O) groups excluding carboxylic acids is 2. The van der Waals surface area contributed by atoms with Gasteiger partial charge in [-0.25, -0.2) is 0 Å². The Kier molecular flexibility index (Phi) is 7.21. The quantitative estimate of drug-likeness (QED) is 0.197. The third kappa shape index (κ3) is 5.25. The molecule has 10 heteroatoms. The van der Waals surface area contributed by atoms with Gasteiger partial charge >= 0.3 is 0 Å². The largest absolute Gasteiger partial charge is 0.486 e. The van der Waals surface area contributed by atoms with Crippen LogP contribution in [0.25, 0.3) is 6.08 Å². The van der Waals surface area contributed by atoms with Crippen molar-refractivity contribution in [2.75, 3.05) is 0 Å². The van der Waals surface area contributed by atoms with Gasteiger partial charge in [-0.15, -0.1) is 0 Å². The Bertz CT molecular complexity index is 1290. The van der Waals surface area contributed by atoms with Crippen LogP contribution >= 0.6 is 35.0 Å². The van der Waals surface area contributed by atoms with E-state index in [0.29, 0.717) is 11.3 Å². The molecule has 0 N–H and O–H groups in total. The van der Waals surface area contributed by atoms with Gasteiger partial charge in [-0.1, -0.05) is 71.7 Å². The Morgan fingerprint density at radius 2 is 1.65 bits per heavy atom. The lowest BCUT2D eigenvalue weighted by atomic mass is 10.1. The van der Waals surface area contributed by atoms with Gasteiger partial charge in [0.15, 0.2) is 5.75 Å². The molecule has 7 nitrogen and oxygen atoms in total. The first-order valence-electron chi connectivity index (χ1n) is 9.97. The van der Waals surface area contributed by atoms with Crippen LogP contribution in [-0.2, 0) is 17.9 Å². The van der Waals surface area contributed by atoms with Crippen LogP contribution in [0.3, 0.4) is 0 Å². The van der Waals surface area contributed by atoms with Gasteiger partial charge in [-0.2, -0.15) is 0 Å². The van der Waals surface area contributed by atoms with Gasteiger partial charge in [0.1, 0.15) is 6.61 Å². The number of ether oxygens (including phenoxy) is 1. The van der Waals surface area contributed by atoms with Gasteiger partial charge in [-0.05, 0) is 41.1 Å². The summed E-state index contributed by atoms with van der Waals surface area (Å²) in [5.74, 6) is -0.237. The van der Waals surface area contributed by atoms with E-state index in [4.69, 9.17) is 27.9 Å². The summed E-state index contributed by atoms with van der Waals surface area (Å²) in [6.45, 7) is 0.0804. The average Bonchev–Trinajstić information content (AvgIpc) is 3.06. The normalized spacial score (nSPS) is 14.6. The number of para-hydroxylation sites is 1. The van der Waals surface area contributed by atoms with Crippen LogP contribution in [0.2, 0.25) is 10.0 Å². The first kappa shape index (κ1) is 23.8. The van der Waals surface area contributed by atoms with Gasteiger partial charge in [0.05, 0.1) is 26.4 Å². The molecule has 172 valence electrons. The Hall–Kier alpha value is -3.33. The number of halogens is 2. The number of nitro benzene ring substituents is 1. The predicted octanol–water partition coefficient (Wildman–Crippen LogP) is 6.72. The molecule has 0 aromatic heterocycles. The number of rotatable bonds is 7. The van der Waals surface area contributed by atoms with E-state index < -0.39 is 16.1 Å². The molecule has 0 aliphatic carbocycles. The van der Waals surface area contributed by atoms with E-state index in [1.807, 2.05) is 30.3 Å². The van der Waals surface area contributed by atoms with Crippen molar-refractivity contribution in [2.24, 2.45) is 0 Å². The molecule has 1 aliphatic rings. The van der Waals surface area contributed by atoms with Crippen molar-refractivity contribution in [3.05, 3.63) is 108 Å². The minimum Gasteiger partial charge on any atom is -0.486 e. The third-order valence-corrected chi connectivity index (χ3v) is 6.40. The summed E-state index contributed by atoms with van der Waals surface area (Å²) in [5, 5.41) is 11.2. The SMILES string of the molecule is O=C1S/C(=C\c2cc(Cl)c(OCc3ccccc3)c(Cl)c2)C(=O)N1Cc1ccccc1[N+](=O)[O-]. The van der Waals surface area contributed by atoms with Crippen LogP contribution in [0, 0.1) is 10.1 Å². The average molecular weight is 515 g/mol. The lowest BCUT2D eigenvalue weighted by Crippen LogP contribution is -2.27. The highest BCUT2D eigenvalue weighted by Crippen LogP contribution is 2.38. The Labute approximate surface area is 209 Å². The first-order chi connectivity index (χ1) is 16.3. The molecule has 1 saturated heterocycles. The van der Waals surface area contributed by atoms with Crippen molar-refractivity contribution in [1.82, 2.24) is 4.90 Å². The second kappa shape index (κ2) is 10.3. The van der Waals surface area contributed by atoms with Crippen molar-refractivity contribution in [3.63, 3.8) is 0 Å². The molecule has 3 aromatic rings. The molecule has 2 amide bonds. The van der Waals surface area contributed by atoms with Crippen molar-refractivity contribution < 1.29 is 19.2 Å². The molecule has 0 unspecified atom stereocenters. The molecule has 1 fully saturated rings. The molecule has 0 atom stereocenters. The Morgan fingerprint density at radius 1 is 1.00 bits per heavy atom. The van der Waals surface area contributed by atoms with Crippen molar-refractivity contribution in [1.29, 1.82) is 0 Å². The van der Waals surface area contributed by atoms with Crippen LogP contribution in [0.15, 0.2) is 71.6 Å². The number of imide groups is 1. The molecule has 0 saturated carbocycles. The summed E-state index contributed by atoms with van der Waals surface area (Å²) < 4.78 is 5.76. The smallest absolute Gasteiger partial charge is 0.293 e. The van der Waals surface area contributed by atoms with Gasteiger partial charge in [0.25, 0.3) is 16.8 Å². The topological polar surface area (TPSA) is 89.8 Å². The van der Waals surface area contributed by atoms with E-state index in [-0.39, 0.29) is 39.4 Å². The zero-order valence-electron chi connectivity index (χ0n) is 17.4. The number of nitro groups is 1. The molecule has 0 spiro atoms. The Morgan fingerprint density at radius 3 is 2.32 bits per heavy atom. The molecule has 1 heterocycles. The lowest BCUT2D eigenvalue weighted by molar-refractivity contribution is -0.385. The summed E-state index contributed by atoms with van der Waals surface area (Å²) in [6, 6.07) is 18.7. The van der Waals surface area contributed by atoms with Gasteiger partial charge < -0.3 is 4.74 Å². The van der Waals surface area contributed by atoms with E-state index in [1.165, 1.54) is 24.3 Å². The van der Waals surface area contributed by atoms with Crippen LogP contribution < -0.4 is 4.74 Å². The van der Waals surface area contributed by atoms with Crippen LogP contribution in [-0.4, -0.2) is 21.0 Å². The number of carbonyl (C=O) groups is 2. The number of nitrogens with zero attached hydrogens (tertiary/aromatic N) is 2. The predicted molar refractivity (Wildman–Crippen MR) is 132 cm³/mol. The van der Waals surface area contributed by atoms with Crippen LogP contribution in [0.4, 0.5) is 10.5 Å². The highest BCUT2D eigenvalue weighted by Gasteiger charge is 2.36. The number of thioether (sulfide) groups is 1. The highest BCUT2D eigenvalue weighted by atomic mass is 35.5. The molecule has 0 bridgehead atoms. The lowest BCUT2D eigenvalue weighted by Gasteiger charge is -2.12. The van der Waals surface area contributed by atoms with Crippen LogP contribution in [0.5, 0.6) is 5.75 Å². The van der Waals surface area contributed by atoms with Crippen molar-refractivity contribution in [2.45, 2.75) is 13.2 Å². The fourth-order valence-electron chi connectivity index (χ4n) is 3.31. The zero-order valence-corrected chi connectivity index (χ0v) is 19.8. The monoisotopic (exact) mass is 514 g/mol. The summed E-state index contributed by atoms with van der Waals surface area (Å²) in [4.78, 5) is 37.2. The fourth-order valence-corrected chi connectivity index (χ4v) is 4.76. The number of hydrogen-bond donors (Lipinski definition) is 0. The van der Waals surface area contributed by atoms with Gasteiger partial charge in [0.2, 0.25) is 0 Å². The fraction of sp³-hybridized carbons (Fsp3) is 0.0833. The maximum Gasteiger partial charge on any atom is 0.293 e. The van der Waals surface area contributed by atoms with E-state index in [1.54, 1.807) is 18.2 Å². The number of benzene rings is 3. The second-order valence-corrected chi connectivity index (χ2v) is 9.05. The summed E-state index contributed by atoms with van der Waals surface area (Å²) >= 11 is 13.5. The summed E-state index contributed by atoms with van der Waals surface area (Å²) in [6.07, 6.45) is 1.50. The molecule has 0 radical (unpaired) electrons. The van der Waals surface area contributed by atoms with Gasteiger partial charge in [-0.3, -0.25) is 24.6 Å². The van der Waals surface area contributed by atoms with Gasteiger partial charge in [0, 0.05) is 11.6 Å². The third-order valence-electron chi connectivity index (χ3n) is 4.93. The highest BCUT2D eigenvalue weighted by molar-refractivity contribution is 8.18. The van der Waals surface area contributed by atoms with E-state index in [9.17, 15) is 19.7 Å². The van der Waals surface area contributed by atoms with Crippen molar-refractivity contribution >= 4 is 57.9 Å². The molecular weight excluding hydrogens is 499 g/mol. The minimum atomic E-state index is -0.551. The molecule has 1 aliphatic heterocycles.